The van der Waals surface area contributed by atoms with Gasteiger partial charge in [0.05, 0.1) is 50.7 Å². The monoisotopic (exact) mass is 620 g/mol. The summed E-state index contributed by atoms with van der Waals surface area (Å²) in [4.78, 5) is 11.7. The zero-order valence-corrected chi connectivity index (χ0v) is 27.8. The smallest absolute Gasteiger partial charge is 0.311 e. The van der Waals surface area contributed by atoms with Crippen LogP contribution in [0.25, 0.3) is 0 Å². The van der Waals surface area contributed by atoms with Crippen LogP contribution in [0.15, 0.2) is 60.7 Å². The molecule has 0 bridgehead atoms. The molecule has 0 spiro atoms. The van der Waals surface area contributed by atoms with Crippen molar-refractivity contribution in [1.82, 2.24) is 0 Å². The molecule has 9 heteroatoms. The van der Waals surface area contributed by atoms with Gasteiger partial charge in [0.25, 0.3) is 0 Å². The van der Waals surface area contributed by atoms with Gasteiger partial charge in [0.2, 0.25) is 0 Å². The molecule has 0 aliphatic rings. The highest BCUT2D eigenvalue weighted by Crippen LogP contribution is 2.17. The highest BCUT2D eigenvalue weighted by atomic mass is 16.6. The van der Waals surface area contributed by atoms with Gasteiger partial charge in [-0.3, -0.25) is 4.79 Å². The molecule has 0 radical (unpaired) electrons. The molecule has 2 rings (SSSR count). The number of rotatable bonds is 19. The van der Waals surface area contributed by atoms with Crippen LogP contribution in [0, 0.1) is 5.41 Å². The van der Waals surface area contributed by atoms with Gasteiger partial charge in [0, 0.05) is 6.61 Å². The summed E-state index contributed by atoms with van der Waals surface area (Å²) >= 11 is 0. The van der Waals surface area contributed by atoms with Crippen LogP contribution in [0.2, 0.25) is 0 Å². The number of aliphatic hydroxyl groups is 3. The minimum atomic E-state index is -1.23. The number of aliphatic hydroxyl groups excluding tert-OH is 1. The molecule has 0 aliphatic carbocycles. The minimum absolute atomic E-state index is 0.115. The lowest BCUT2D eigenvalue weighted by Gasteiger charge is -2.26. The standard InChI is InChI=1S/C20H32O5.C15H24O4/c1-19(2,3)18(21)24-13-9-12-17(25-20(4,5)22)15-23-14-16-10-7-6-8-11-16;1-15(2,17)19-14(9-6-10-16)12-18-11-13-7-4-3-5-8-13/h6-8,10-11,17,22H,9,12-15H2,1-5H3;3-5,7-8,14,16-17H,6,9-12H2,1-2H3. The Bertz CT molecular complexity index is 993. The highest BCUT2D eigenvalue weighted by Gasteiger charge is 2.24. The van der Waals surface area contributed by atoms with E-state index in [-0.39, 0.29) is 24.8 Å². The summed E-state index contributed by atoms with van der Waals surface area (Å²) < 4.78 is 27.7. The van der Waals surface area contributed by atoms with Crippen LogP contribution in [0.1, 0.15) is 85.3 Å². The van der Waals surface area contributed by atoms with Crippen LogP contribution in [0.5, 0.6) is 0 Å². The average molecular weight is 621 g/mol. The molecule has 0 heterocycles. The summed E-state index contributed by atoms with van der Waals surface area (Å²) in [5.41, 5.74) is 1.69. The Morgan fingerprint density at radius 2 is 1.09 bits per heavy atom. The van der Waals surface area contributed by atoms with Gasteiger partial charge < -0.3 is 39.0 Å². The minimum Gasteiger partial charge on any atom is -0.465 e. The first-order valence-electron chi connectivity index (χ1n) is 15.4. The van der Waals surface area contributed by atoms with Crippen LogP contribution in [0.4, 0.5) is 0 Å². The van der Waals surface area contributed by atoms with Crippen molar-refractivity contribution in [1.29, 1.82) is 0 Å². The van der Waals surface area contributed by atoms with Crippen LogP contribution < -0.4 is 0 Å². The second-order valence-corrected chi connectivity index (χ2v) is 12.8. The topological polar surface area (TPSA) is 124 Å². The Morgan fingerprint density at radius 3 is 1.45 bits per heavy atom. The number of esters is 1. The van der Waals surface area contributed by atoms with Gasteiger partial charge >= 0.3 is 5.97 Å². The second-order valence-electron chi connectivity index (χ2n) is 12.8. The number of hydrogen-bond acceptors (Lipinski definition) is 9. The lowest BCUT2D eigenvalue weighted by Crippen LogP contribution is -2.33. The summed E-state index contributed by atoms with van der Waals surface area (Å²) in [7, 11) is 0. The predicted octanol–water partition coefficient (Wildman–Crippen LogP) is 5.78. The van der Waals surface area contributed by atoms with Gasteiger partial charge in [-0.05, 0) is 85.3 Å². The first-order valence-corrected chi connectivity index (χ1v) is 15.4. The Kier molecular flexibility index (Phi) is 18.6. The number of carbonyl (C=O) groups excluding carboxylic acids is 1. The summed E-state index contributed by atoms with van der Waals surface area (Å²) in [5.74, 6) is -2.63. The van der Waals surface area contributed by atoms with Crippen molar-refractivity contribution >= 4 is 5.97 Å². The number of hydrogen-bond donors (Lipinski definition) is 3. The lowest BCUT2D eigenvalue weighted by atomic mass is 9.97. The van der Waals surface area contributed by atoms with Crippen LogP contribution >= 0.6 is 0 Å². The van der Waals surface area contributed by atoms with Crippen molar-refractivity contribution in [3.8, 4) is 0 Å². The van der Waals surface area contributed by atoms with Crippen LogP contribution in [-0.4, -0.2) is 71.5 Å². The van der Waals surface area contributed by atoms with Gasteiger partial charge in [0.15, 0.2) is 11.6 Å². The van der Waals surface area contributed by atoms with Crippen molar-refractivity contribution in [3.63, 3.8) is 0 Å². The van der Waals surface area contributed by atoms with Crippen LogP contribution in [-0.2, 0) is 41.7 Å². The van der Waals surface area contributed by atoms with E-state index in [9.17, 15) is 15.0 Å². The van der Waals surface area contributed by atoms with E-state index in [2.05, 4.69) is 0 Å². The Hall–Kier alpha value is -2.37. The van der Waals surface area contributed by atoms with E-state index in [1.54, 1.807) is 27.7 Å². The summed E-state index contributed by atoms with van der Waals surface area (Å²) in [6, 6.07) is 19.8. The van der Waals surface area contributed by atoms with E-state index < -0.39 is 17.0 Å². The summed E-state index contributed by atoms with van der Waals surface area (Å²) in [6.45, 7) is 14.1. The first-order chi connectivity index (χ1) is 20.6. The molecule has 9 nitrogen and oxygen atoms in total. The normalized spacial score (nSPS) is 13.5. The fraction of sp³-hybridized carbons (Fsp3) is 0.629. The molecule has 0 saturated heterocycles. The average Bonchev–Trinajstić information content (AvgIpc) is 2.93. The molecule has 250 valence electrons. The quantitative estimate of drug-likeness (QED) is 0.102. The largest absolute Gasteiger partial charge is 0.465 e. The maximum absolute atomic E-state index is 11.7. The molecular formula is C35H56O9. The molecule has 0 fully saturated rings. The fourth-order valence-corrected chi connectivity index (χ4v) is 3.94. The number of carbonyl (C=O) groups is 1. The van der Waals surface area contributed by atoms with E-state index in [4.69, 9.17) is 28.8 Å². The molecule has 0 amide bonds. The predicted molar refractivity (Wildman–Crippen MR) is 171 cm³/mol. The summed E-state index contributed by atoms with van der Waals surface area (Å²) in [6.07, 6.45) is 2.10. The van der Waals surface area contributed by atoms with Crippen LogP contribution in [0.3, 0.4) is 0 Å². The molecule has 0 saturated carbocycles. The zero-order chi connectivity index (χ0) is 33.1. The van der Waals surface area contributed by atoms with Crippen molar-refractivity contribution in [2.75, 3.05) is 26.4 Å². The lowest BCUT2D eigenvalue weighted by molar-refractivity contribution is -0.218. The van der Waals surface area contributed by atoms with E-state index in [1.165, 1.54) is 0 Å². The molecule has 2 aromatic rings. The van der Waals surface area contributed by atoms with E-state index in [0.717, 1.165) is 11.1 Å². The third-order valence-corrected chi connectivity index (χ3v) is 5.94. The molecule has 2 unspecified atom stereocenters. The number of benzene rings is 2. The Labute approximate surface area is 264 Å². The zero-order valence-electron chi connectivity index (χ0n) is 27.8. The van der Waals surface area contributed by atoms with Gasteiger partial charge in [-0.2, -0.15) is 0 Å². The van der Waals surface area contributed by atoms with Gasteiger partial charge in [-0.1, -0.05) is 60.7 Å². The van der Waals surface area contributed by atoms with Crippen molar-refractivity contribution in [2.24, 2.45) is 5.41 Å². The SMILES string of the molecule is CC(C)(O)OC(CCCO)COCc1ccccc1.CC(C)(O)OC(CCCOC(=O)C(C)(C)C)COCc1ccccc1. The maximum Gasteiger partial charge on any atom is 0.311 e. The third kappa shape index (κ3) is 21.4. The summed E-state index contributed by atoms with van der Waals surface area (Å²) in [5, 5.41) is 28.4. The molecule has 0 aromatic heterocycles. The van der Waals surface area contributed by atoms with Gasteiger partial charge in [0.1, 0.15) is 0 Å². The molecule has 0 aliphatic heterocycles. The Morgan fingerprint density at radius 1 is 0.682 bits per heavy atom. The molecule has 2 aromatic carbocycles. The number of ether oxygens (including phenoxy) is 5. The van der Waals surface area contributed by atoms with Gasteiger partial charge in [-0.25, -0.2) is 0 Å². The van der Waals surface area contributed by atoms with E-state index in [1.807, 2.05) is 81.4 Å². The van der Waals surface area contributed by atoms with E-state index in [0.29, 0.717) is 58.7 Å². The van der Waals surface area contributed by atoms with Crippen molar-refractivity contribution in [2.45, 2.75) is 111 Å². The molecule has 44 heavy (non-hydrogen) atoms. The third-order valence-electron chi connectivity index (χ3n) is 5.94. The van der Waals surface area contributed by atoms with Gasteiger partial charge in [-0.15, -0.1) is 0 Å². The van der Waals surface area contributed by atoms with Crippen molar-refractivity contribution in [3.05, 3.63) is 71.8 Å². The highest BCUT2D eigenvalue weighted by molar-refractivity contribution is 5.75. The fourth-order valence-electron chi connectivity index (χ4n) is 3.94. The Balaban J connectivity index is 0.000000457. The molecule has 2 atom stereocenters. The van der Waals surface area contributed by atoms with Crippen molar-refractivity contribution < 1.29 is 43.8 Å². The van der Waals surface area contributed by atoms with E-state index >= 15 is 0 Å². The molecular weight excluding hydrogens is 564 g/mol. The first kappa shape index (κ1) is 39.7. The molecule has 3 N–H and O–H groups in total. The second kappa shape index (κ2) is 20.6. The maximum atomic E-state index is 11.7.